The molecule has 0 aliphatic rings. The molecule has 2 heterocycles. The van der Waals surface area contributed by atoms with Crippen LogP contribution in [0.4, 0.5) is 0 Å². The van der Waals surface area contributed by atoms with Gasteiger partial charge in [-0.2, -0.15) is 5.26 Å². The molecule has 114 valence electrons. The van der Waals surface area contributed by atoms with Crippen molar-refractivity contribution in [1.82, 2.24) is 10.3 Å². The van der Waals surface area contributed by atoms with Crippen molar-refractivity contribution in [2.75, 3.05) is 5.75 Å². The van der Waals surface area contributed by atoms with Gasteiger partial charge in [0, 0.05) is 0 Å². The van der Waals surface area contributed by atoms with E-state index in [1.807, 2.05) is 0 Å². The summed E-state index contributed by atoms with van der Waals surface area (Å²) in [6.45, 7) is 3.89. The first-order chi connectivity index (χ1) is 10.5. The average Bonchev–Trinajstić information content (AvgIpc) is 3.02. The second-order valence-corrected chi connectivity index (χ2v) is 5.91. The lowest BCUT2D eigenvalue weighted by atomic mass is 10.1. The van der Waals surface area contributed by atoms with Gasteiger partial charge in [-0.3, -0.25) is 4.79 Å². The lowest BCUT2D eigenvalue weighted by Gasteiger charge is -2.09. The fraction of sp³-hybridized carbons (Fsp3) is 0.267. The van der Waals surface area contributed by atoms with Gasteiger partial charge in [0.05, 0.1) is 34.8 Å². The fourth-order valence-electron chi connectivity index (χ4n) is 1.82. The zero-order valence-corrected chi connectivity index (χ0v) is 13.7. The van der Waals surface area contributed by atoms with Crippen LogP contribution in [0.3, 0.4) is 0 Å². The lowest BCUT2D eigenvalue weighted by molar-refractivity contribution is -0.118. The van der Waals surface area contributed by atoms with E-state index in [0.29, 0.717) is 39.2 Å². The number of aryl methyl sites for hydroxylation is 1. The Hall–Kier alpha value is -1.97. The number of carbonyl (C=O) groups excluding carboxylic acids is 1. The minimum Gasteiger partial charge on any atom is -0.467 e. The van der Waals surface area contributed by atoms with Gasteiger partial charge in [0.2, 0.25) is 5.91 Å². The van der Waals surface area contributed by atoms with Gasteiger partial charge in [0.25, 0.3) is 0 Å². The molecule has 0 spiro atoms. The third-order valence-electron chi connectivity index (χ3n) is 3.00. The quantitative estimate of drug-likeness (QED) is 0.849. The Morgan fingerprint density at radius 2 is 2.32 bits per heavy atom. The van der Waals surface area contributed by atoms with Crippen LogP contribution >= 0.6 is 23.4 Å². The highest BCUT2D eigenvalue weighted by atomic mass is 35.5. The van der Waals surface area contributed by atoms with Crippen molar-refractivity contribution in [1.29, 1.82) is 5.26 Å². The van der Waals surface area contributed by atoms with Crippen molar-refractivity contribution in [2.45, 2.75) is 25.4 Å². The monoisotopic (exact) mass is 335 g/mol. The minimum absolute atomic E-state index is 0.155. The number of thioether (sulfide) groups is 1. The molecule has 0 aliphatic heterocycles. The van der Waals surface area contributed by atoms with E-state index in [4.69, 9.17) is 16.0 Å². The van der Waals surface area contributed by atoms with Gasteiger partial charge in [-0.15, -0.1) is 0 Å². The normalized spacial score (nSPS) is 10.3. The van der Waals surface area contributed by atoms with Gasteiger partial charge < -0.3 is 9.73 Å². The third-order valence-corrected chi connectivity index (χ3v) is 4.53. The maximum Gasteiger partial charge on any atom is 0.230 e. The molecule has 0 radical (unpaired) electrons. The summed E-state index contributed by atoms with van der Waals surface area (Å²) in [7, 11) is 0. The summed E-state index contributed by atoms with van der Waals surface area (Å²) in [5.41, 5.74) is 1.76. The summed E-state index contributed by atoms with van der Waals surface area (Å²) >= 11 is 7.31. The predicted octanol–water partition coefficient (Wildman–Crippen LogP) is 3.23. The Balaban J connectivity index is 1.99. The maximum absolute atomic E-state index is 11.8. The summed E-state index contributed by atoms with van der Waals surface area (Å²) in [4.78, 5) is 16.1. The maximum atomic E-state index is 11.8. The van der Waals surface area contributed by atoms with Crippen LogP contribution in [0.15, 0.2) is 27.8 Å². The number of carbonyl (C=O) groups is 1. The van der Waals surface area contributed by atoms with Gasteiger partial charge in [0.15, 0.2) is 0 Å². The molecule has 0 saturated carbocycles. The largest absolute Gasteiger partial charge is 0.467 e. The molecule has 1 N–H and O–H groups in total. The molecule has 5 nitrogen and oxygen atoms in total. The first kappa shape index (κ1) is 16.4. The number of rotatable bonds is 5. The minimum atomic E-state index is -0.155. The molecule has 0 atom stereocenters. The predicted molar refractivity (Wildman–Crippen MR) is 84.7 cm³/mol. The Bertz CT molecular complexity index is 723. The van der Waals surface area contributed by atoms with Crippen LogP contribution in [0.1, 0.15) is 22.6 Å². The molecule has 0 aliphatic carbocycles. The molecule has 2 aromatic heterocycles. The first-order valence-corrected chi connectivity index (χ1v) is 7.88. The second kappa shape index (κ2) is 7.34. The topological polar surface area (TPSA) is 78.9 Å². The molecular formula is C15H14ClN3O2S. The molecule has 0 aromatic carbocycles. The van der Waals surface area contributed by atoms with Crippen molar-refractivity contribution in [2.24, 2.45) is 0 Å². The second-order valence-electron chi connectivity index (χ2n) is 4.57. The van der Waals surface area contributed by atoms with E-state index in [-0.39, 0.29) is 11.7 Å². The highest BCUT2D eigenvalue weighted by molar-refractivity contribution is 8.00. The van der Waals surface area contributed by atoms with Crippen LogP contribution < -0.4 is 5.32 Å². The molecule has 0 bridgehead atoms. The van der Waals surface area contributed by atoms with Crippen LogP contribution in [0.2, 0.25) is 5.02 Å². The number of hydrogen-bond acceptors (Lipinski definition) is 5. The summed E-state index contributed by atoms with van der Waals surface area (Å²) in [5, 5.41) is 13.0. The lowest BCUT2D eigenvalue weighted by Crippen LogP contribution is -2.24. The fourth-order valence-corrected chi connectivity index (χ4v) is 2.87. The molecule has 2 rings (SSSR count). The summed E-state index contributed by atoms with van der Waals surface area (Å²) in [6, 6.07) is 5.64. The molecule has 0 unspecified atom stereocenters. The first-order valence-electron chi connectivity index (χ1n) is 6.51. The van der Waals surface area contributed by atoms with E-state index in [1.165, 1.54) is 11.8 Å². The Labute approximate surface area is 137 Å². The average molecular weight is 336 g/mol. The smallest absolute Gasteiger partial charge is 0.230 e. The Morgan fingerprint density at radius 1 is 1.55 bits per heavy atom. The van der Waals surface area contributed by atoms with Crippen molar-refractivity contribution in [3.63, 3.8) is 0 Å². The zero-order valence-electron chi connectivity index (χ0n) is 12.1. The number of hydrogen-bond donors (Lipinski definition) is 1. The van der Waals surface area contributed by atoms with E-state index < -0.39 is 0 Å². The van der Waals surface area contributed by atoms with E-state index in [9.17, 15) is 10.1 Å². The summed E-state index contributed by atoms with van der Waals surface area (Å²) < 4.78 is 5.14. The Kier molecular flexibility index (Phi) is 5.47. The molecule has 2 aromatic rings. The number of pyridine rings is 1. The van der Waals surface area contributed by atoms with E-state index in [2.05, 4.69) is 16.4 Å². The number of furan rings is 1. The van der Waals surface area contributed by atoms with Gasteiger partial charge >= 0.3 is 0 Å². The van der Waals surface area contributed by atoms with E-state index >= 15 is 0 Å². The summed E-state index contributed by atoms with van der Waals surface area (Å²) in [5.74, 6) is 0.702. The zero-order chi connectivity index (χ0) is 16.1. The highest BCUT2D eigenvalue weighted by Gasteiger charge is 2.15. The van der Waals surface area contributed by atoms with Crippen LogP contribution in [-0.2, 0) is 11.3 Å². The number of aromatic nitrogens is 1. The van der Waals surface area contributed by atoms with Gasteiger partial charge in [-0.25, -0.2) is 4.98 Å². The SMILES string of the molecule is Cc1nc(SCC(=O)NCc2ccco2)c(C#N)c(C)c1Cl. The van der Waals surface area contributed by atoms with Gasteiger partial charge in [0.1, 0.15) is 16.9 Å². The highest BCUT2D eigenvalue weighted by Crippen LogP contribution is 2.29. The van der Waals surface area contributed by atoms with Crippen LogP contribution in [0.25, 0.3) is 0 Å². The number of nitriles is 1. The van der Waals surface area contributed by atoms with Gasteiger partial charge in [-0.1, -0.05) is 23.4 Å². The van der Waals surface area contributed by atoms with Crippen LogP contribution in [0, 0.1) is 25.2 Å². The van der Waals surface area contributed by atoms with E-state index in [1.54, 1.807) is 32.2 Å². The van der Waals surface area contributed by atoms with Crippen molar-refractivity contribution in [3.8, 4) is 6.07 Å². The van der Waals surface area contributed by atoms with Crippen LogP contribution in [-0.4, -0.2) is 16.6 Å². The molecule has 1 amide bonds. The number of amides is 1. The molecule has 0 saturated heterocycles. The van der Waals surface area contributed by atoms with Crippen molar-refractivity contribution < 1.29 is 9.21 Å². The summed E-state index contributed by atoms with van der Waals surface area (Å²) in [6.07, 6.45) is 1.55. The van der Waals surface area contributed by atoms with Crippen molar-refractivity contribution in [3.05, 3.63) is 46.0 Å². The van der Waals surface area contributed by atoms with Crippen LogP contribution in [0.5, 0.6) is 0 Å². The molecule has 7 heteroatoms. The molecular weight excluding hydrogens is 322 g/mol. The molecule has 22 heavy (non-hydrogen) atoms. The number of nitrogens with one attached hydrogen (secondary N) is 1. The van der Waals surface area contributed by atoms with E-state index in [0.717, 1.165) is 0 Å². The molecule has 0 fully saturated rings. The van der Waals surface area contributed by atoms with Gasteiger partial charge in [-0.05, 0) is 31.5 Å². The standard InChI is InChI=1S/C15H14ClN3O2S/c1-9-12(6-17)15(19-10(2)14(9)16)22-8-13(20)18-7-11-4-3-5-21-11/h3-5H,7-8H2,1-2H3,(H,18,20). The number of nitrogens with zero attached hydrogens (tertiary/aromatic N) is 2. The Morgan fingerprint density at radius 3 is 2.95 bits per heavy atom. The third kappa shape index (κ3) is 3.81. The van der Waals surface area contributed by atoms with Crippen molar-refractivity contribution >= 4 is 29.3 Å². The number of halogens is 1.